The van der Waals surface area contributed by atoms with E-state index in [1.165, 1.54) is 0 Å². The smallest absolute Gasteiger partial charge is 0.267 e. The summed E-state index contributed by atoms with van der Waals surface area (Å²) < 4.78 is 51.3. The third-order valence-electron chi connectivity index (χ3n) is 0.814. The molecule has 13 heavy (non-hydrogen) atoms. The fourth-order valence-electron chi connectivity index (χ4n) is 0.430. The van der Waals surface area contributed by atoms with Gasteiger partial charge in [0.15, 0.2) is 0 Å². The second kappa shape index (κ2) is 8.33. The minimum Gasteiger partial charge on any atom is -0.323 e. The van der Waals surface area contributed by atoms with E-state index in [2.05, 4.69) is 5.32 Å². The van der Waals surface area contributed by atoms with Gasteiger partial charge in [0.05, 0.1) is 6.67 Å². The van der Waals surface area contributed by atoms with Crippen LogP contribution in [0.25, 0.3) is 0 Å². The van der Waals surface area contributed by atoms with Gasteiger partial charge in [0.25, 0.3) is 10.1 Å². The summed E-state index contributed by atoms with van der Waals surface area (Å²) >= 11 is 0. The van der Waals surface area contributed by atoms with Crippen LogP contribution in [-0.4, -0.2) is 45.7 Å². The SMILES string of the molecule is CNC.O=S(=O)(O)CC(F)CCF. The molecule has 0 aromatic rings. The van der Waals surface area contributed by atoms with Crippen LogP contribution in [0.3, 0.4) is 0 Å². The molecule has 0 saturated carbocycles. The molecule has 0 saturated heterocycles. The second-order valence-corrected chi connectivity index (χ2v) is 3.82. The number of hydrogen-bond acceptors (Lipinski definition) is 3. The largest absolute Gasteiger partial charge is 0.323 e. The van der Waals surface area contributed by atoms with Gasteiger partial charge in [0, 0.05) is 6.42 Å². The Morgan fingerprint density at radius 3 is 2.08 bits per heavy atom. The lowest BCUT2D eigenvalue weighted by Crippen LogP contribution is -2.16. The van der Waals surface area contributed by atoms with Crippen LogP contribution in [0.15, 0.2) is 0 Å². The molecule has 0 aliphatic heterocycles. The number of hydrogen-bond donors (Lipinski definition) is 2. The summed E-state index contributed by atoms with van der Waals surface area (Å²) in [6.07, 6.45) is -2.29. The van der Waals surface area contributed by atoms with Crippen molar-refractivity contribution in [2.24, 2.45) is 0 Å². The third kappa shape index (κ3) is 18.6. The summed E-state index contributed by atoms with van der Waals surface area (Å²) in [6, 6.07) is 0. The molecule has 4 nitrogen and oxygen atoms in total. The zero-order valence-corrected chi connectivity index (χ0v) is 8.44. The first-order valence-corrected chi connectivity index (χ1v) is 5.22. The van der Waals surface area contributed by atoms with Gasteiger partial charge in [-0.25, -0.2) is 4.39 Å². The number of alkyl halides is 2. The maximum absolute atomic E-state index is 12.1. The van der Waals surface area contributed by atoms with Crippen LogP contribution >= 0.6 is 0 Å². The highest BCUT2D eigenvalue weighted by atomic mass is 32.2. The van der Waals surface area contributed by atoms with Crippen LogP contribution in [0.2, 0.25) is 0 Å². The summed E-state index contributed by atoms with van der Waals surface area (Å²) in [5.41, 5.74) is 0. The molecule has 1 atom stereocenters. The summed E-state index contributed by atoms with van der Waals surface area (Å²) in [5.74, 6) is -1.02. The zero-order chi connectivity index (χ0) is 10.9. The molecule has 0 aliphatic carbocycles. The molecule has 7 heteroatoms. The minimum atomic E-state index is -4.29. The molecule has 0 aromatic carbocycles. The number of rotatable bonds is 4. The maximum Gasteiger partial charge on any atom is 0.267 e. The van der Waals surface area contributed by atoms with Gasteiger partial charge in [-0.05, 0) is 14.1 Å². The van der Waals surface area contributed by atoms with Crippen molar-refractivity contribution >= 4 is 10.1 Å². The highest BCUT2D eigenvalue weighted by molar-refractivity contribution is 7.85. The fraction of sp³-hybridized carbons (Fsp3) is 1.00. The van der Waals surface area contributed by atoms with Gasteiger partial charge in [0.1, 0.15) is 11.9 Å². The summed E-state index contributed by atoms with van der Waals surface area (Å²) in [4.78, 5) is 0. The second-order valence-electron chi connectivity index (χ2n) is 2.32. The number of nitrogens with one attached hydrogen (secondary N) is 1. The molecule has 0 spiro atoms. The van der Waals surface area contributed by atoms with Crippen molar-refractivity contribution in [3.8, 4) is 0 Å². The van der Waals surface area contributed by atoms with Crippen molar-refractivity contribution in [2.45, 2.75) is 12.6 Å². The normalized spacial score (nSPS) is 13.0. The average molecular weight is 219 g/mol. The Kier molecular flexibility index (Phi) is 9.75. The average Bonchev–Trinajstić information content (AvgIpc) is 1.84. The topological polar surface area (TPSA) is 66.4 Å². The Hall–Kier alpha value is -0.270. The molecular weight excluding hydrogens is 204 g/mol. The number of halogens is 2. The maximum atomic E-state index is 12.1. The first-order chi connectivity index (χ1) is 5.87. The Labute approximate surface area is 77.1 Å². The molecule has 0 fully saturated rings. The Morgan fingerprint density at radius 1 is 1.46 bits per heavy atom. The third-order valence-corrected chi connectivity index (χ3v) is 1.60. The molecule has 0 aliphatic rings. The van der Waals surface area contributed by atoms with Crippen molar-refractivity contribution in [1.82, 2.24) is 5.32 Å². The van der Waals surface area contributed by atoms with E-state index in [0.717, 1.165) is 0 Å². The first kappa shape index (κ1) is 15.2. The summed E-state index contributed by atoms with van der Waals surface area (Å²) in [7, 11) is -0.537. The van der Waals surface area contributed by atoms with Crippen molar-refractivity contribution in [1.29, 1.82) is 0 Å². The van der Waals surface area contributed by atoms with E-state index >= 15 is 0 Å². The molecule has 0 aromatic heterocycles. The Morgan fingerprint density at radius 2 is 1.85 bits per heavy atom. The Bertz CT molecular complexity index is 196. The standard InChI is InChI=1S/C4H8F2O3S.C2H7N/c5-2-1-4(6)3-10(7,8)9;1-3-2/h4H,1-3H2,(H,7,8,9);3H,1-2H3. The van der Waals surface area contributed by atoms with Crippen molar-refractivity contribution in [3.63, 3.8) is 0 Å². The molecular formula is C6H15F2NO3S. The van der Waals surface area contributed by atoms with E-state index in [0.29, 0.717) is 0 Å². The molecule has 0 radical (unpaired) electrons. The highest BCUT2D eigenvalue weighted by Crippen LogP contribution is 2.01. The predicted molar refractivity (Wildman–Crippen MR) is 46.9 cm³/mol. The Balaban J connectivity index is 0. The van der Waals surface area contributed by atoms with E-state index in [4.69, 9.17) is 4.55 Å². The zero-order valence-electron chi connectivity index (χ0n) is 7.63. The van der Waals surface area contributed by atoms with Crippen LogP contribution < -0.4 is 5.32 Å². The van der Waals surface area contributed by atoms with Crippen LogP contribution in [0.4, 0.5) is 8.78 Å². The first-order valence-electron chi connectivity index (χ1n) is 3.61. The van der Waals surface area contributed by atoms with Gasteiger partial charge in [-0.1, -0.05) is 0 Å². The molecule has 82 valence electrons. The van der Waals surface area contributed by atoms with Crippen molar-refractivity contribution in [2.75, 3.05) is 26.5 Å². The van der Waals surface area contributed by atoms with E-state index in [-0.39, 0.29) is 0 Å². The van der Waals surface area contributed by atoms with Gasteiger partial charge in [-0.15, -0.1) is 0 Å². The quantitative estimate of drug-likeness (QED) is 0.672. The van der Waals surface area contributed by atoms with Crippen molar-refractivity contribution < 1.29 is 21.8 Å². The minimum absolute atomic E-state index is 0.486. The summed E-state index contributed by atoms with van der Waals surface area (Å²) in [6.45, 7) is -0.920. The van der Waals surface area contributed by atoms with Crippen LogP contribution in [0, 0.1) is 0 Å². The predicted octanol–water partition coefficient (Wildman–Crippen LogP) is 0.407. The van der Waals surface area contributed by atoms with Gasteiger partial charge >= 0.3 is 0 Å². The summed E-state index contributed by atoms with van der Waals surface area (Å²) in [5, 5.41) is 2.75. The lowest BCUT2D eigenvalue weighted by molar-refractivity contribution is 0.301. The monoisotopic (exact) mass is 219 g/mol. The lowest BCUT2D eigenvalue weighted by Gasteiger charge is -2.00. The van der Waals surface area contributed by atoms with Gasteiger partial charge in [0.2, 0.25) is 0 Å². The van der Waals surface area contributed by atoms with Crippen LogP contribution in [0.1, 0.15) is 6.42 Å². The van der Waals surface area contributed by atoms with Crippen LogP contribution in [0.5, 0.6) is 0 Å². The van der Waals surface area contributed by atoms with Crippen LogP contribution in [-0.2, 0) is 10.1 Å². The van der Waals surface area contributed by atoms with E-state index < -0.39 is 35.1 Å². The van der Waals surface area contributed by atoms with Gasteiger partial charge < -0.3 is 5.32 Å². The molecule has 2 N–H and O–H groups in total. The van der Waals surface area contributed by atoms with E-state index in [9.17, 15) is 17.2 Å². The molecule has 0 amide bonds. The fourth-order valence-corrected chi connectivity index (χ4v) is 1.05. The molecule has 0 rings (SSSR count). The highest BCUT2D eigenvalue weighted by Gasteiger charge is 2.14. The molecule has 0 bridgehead atoms. The lowest BCUT2D eigenvalue weighted by atomic mass is 10.3. The molecule has 1 unspecified atom stereocenters. The van der Waals surface area contributed by atoms with Gasteiger partial charge in [-0.3, -0.25) is 8.94 Å². The van der Waals surface area contributed by atoms with Crippen molar-refractivity contribution in [3.05, 3.63) is 0 Å². The molecule has 0 heterocycles. The van der Waals surface area contributed by atoms with E-state index in [1.807, 2.05) is 14.1 Å². The van der Waals surface area contributed by atoms with Gasteiger partial charge in [-0.2, -0.15) is 8.42 Å². The van der Waals surface area contributed by atoms with E-state index in [1.54, 1.807) is 0 Å².